The molecule has 0 aliphatic heterocycles. The van der Waals surface area contributed by atoms with Crippen molar-refractivity contribution in [2.75, 3.05) is 10.6 Å². The summed E-state index contributed by atoms with van der Waals surface area (Å²) in [4.78, 5) is 24.9. The van der Waals surface area contributed by atoms with Crippen LogP contribution in [0.25, 0.3) is 0 Å². The zero-order valence-electron chi connectivity index (χ0n) is 14.7. The lowest BCUT2D eigenvalue weighted by Crippen LogP contribution is -2.14. The van der Waals surface area contributed by atoms with Gasteiger partial charge in [0.15, 0.2) is 0 Å². The molecule has 142 valence electrons. The topological polar surface area (TPSA) is 58.2 Å². The first-order valence-electron chi connectivity index (χ1n) is 8.27. The molecule has 4 nitrogen and oxygen atoms in total. The second kappa shape index (κ2) is 8.65. The lowest BCUT2D eigenvalue weighted by molar-refractivity contribution is 0.101. The third kappa shape index (κ3) is 4.84. The van der Waals surface area contributed by atoms with Gasteiger partial charge in [0.25, 0.3) is 11.8 Å². The molecule has 0 radical (unpaired) electrons. The van der Waals surface area contributed by atoms with Gasteiger partial charge in [0.05, 0.1) is 10.6 Å². The van der Waals surface area contributed by atoms with Gasteiger partial charge in [-0.05, 0) is 61.0 Å². The van der Waals surface area contributed by atoms with E-state index in [1.54, 1.807) is 54.6 Å². The first kappa shape index (κ1) is 20.2. The highest BCUT2D eigenvalue weighted by Gasteiger charge is 2.12. The highest BCUT2D eigenvalue weighted by molar-refractivity contribution is 6.37. The number of carbonyl (C=O) groups excluding carboxylic acids is 2. The lowest BCUT2D eigenvalue weighted by Gasteiger charge is -2.10. The Hall–Kier alpha value is -2.53. The van der Waals surface area contributed by atoms with E-state index in [0.29, 0.717) is 32.5 Å². The Balaban J connectivity index is 1.74. The highest BCUT2D eigenvalue weighted by Crippen LogP contribution is 2.23. The molecule has 3 aromatic carbocycles. The molecule has 0 saturated carbocycles. The minimum atomic E-state index is -0.379. The fourth-order valence-electron chi connectivity index (χ4n) is 2.48. The molecule has 0 spiro atoms. The van der Waals surface area contributed by atoms with E-state index in [2.05, 4.69) is 10.6 Å². The van der Waals surface area contributed by atoms with E-state index in [9.17, 15) is 9.59 Å². The van der Waals surface area contributed by atoms with E-state index >= 15 is 0 Å². The van der Waals surface area contributed by atoms with Gasteiger partial charge in [-0.25, -0.2) is 0 Å². The molecule has 3 aromatic rings. The molecule has 0 saturated heterocycles. The summed E-state index contributed by atoms with van der Waals surface area (Å²) in [5.74, 6) is -0.679. The predicted octanol–water partition coefficient (Wildman–Crippen LogP) is 6.46. The van der Waals surface area contributed by atoms with Gasteiger partial charge < -0.3 is 10.6 Å². The number of carbonyl (C=O) groups is 2. The molecular weight excluding hydrogens is 419 g/mol. The van der Waals surface area contributed by atoms with E-state index < -0.39 is 0 Å². The summed E-state index contributed by atoms with van der Waals surface area (Å²) >= 11 is 18.0. The smallest absolute Gasteiger partial charge is 0.257 e. The maximum Gasteiger partial charge on any atom is 0.257 e. The number of hydrogen-bond acceptors (Lipinski definition) is 2. The number of aryl methyl sites for hydroxylation is 1. The second-order valence-electron chi connectivity index (χ2n) is 6.08. The largest absolute Gasteiger partial charge is 0.322 e. The molecule has 3 rings (SSSR count). The minimum absolute atomic E-state index is 0.255. The van der Waals surface area contributed by atoms with Crippen LogP contribution in [-0.2, 0) is 0 Å². The van der Waals surface area contributed by atoms with Gasteiger partial charge in [0.1, 0.15) is 0 Å². The van der Waals surface area contributed by atoms with E-state index in [1.807, 2.05) is 6.92 Å². The Bertz CT molecular complexity index is 1070. The van der Waals surface area contributed by atoms with Crippen LogP contribution in [0, 0.1) is 6.92 Å². The Morgan fingerprint density at radius 2 is 1.43 bits per heavy atom. The molecule has 0 bridgehead atoms. The van der Waals surface area contributed by atoms with Gasteiger partial charge in [0.2, 0.25) is 0 Å². The summed E-state index contributed by atoms with van der Waals surface area (Å²) < 4.78 is 0. The summed E-state index contributed by atoms with van der Waals surface area (Å²) in [6.07, 6.45) is 0. The predicted molar refractivity (Wildman–Crippen MR) is 115 cm³/mol. The van der Waals surface area contributed by atoms with Crippen LogP contribution in [0.4, 0.5) is 11.4 Å². The number of hydrogen-bond donors (Lipinski definition) is 2. The zero-order chi connectivity index (χ0) is 20.3. The fourth-order valence-corrected chi connectivity index (χ4v) is 3.16. The van der Waals surface area contributed by atoms with Gasteiger partial charge in [-0.3, -0.25) is 9.59 Å². The van der Waals surface area contributed by atoms with Crippen molar-refractivity contribution in [1.82, 2.24) is 0 Å². The van der Waals surface area contributed by atoms with Crippen LogP contribution in [0.15, 0.2) is 60.7 Å². The molecule has 0 unspecified atom stereocenters. The van der Waals surface area contributed by atoms with Crippen LogP contribution in [0.2, 0.25) is 15.1 Å². The van der Waals surface area contributed by atoms with Crippen molar-refractivity contribution in [2.24, 2.45) is 0 Å². The van der Waals surface area contributed by atoms with Crippen LogP contribution >= 0.6 is 34.8 Å². The summed E-state index contributed by atoms with van der Waals surface area (Å²) in [6.45, 7) is 1.86. The molecular formula is C21H15Cl3N2O2. The Kier molecular flexibility index (Phi) is 6.25. The Morgan fingerprint density at radius 3 is 2.07 bits per heavy atom. The summed E-state index contributed by atoms with van der Waals surface area (Å²) in [5.41, 5.74) is 2.68. The monoisotopic (exact) mass is 432 g/mol. The summed E-state index contributed by atoms with van der Waals surface area (Å²) in [6, 6.07) is 16.5. The van der Waals surface area contributed by atoms with Crippen molar-refractivity contribution in [1.29, 1.82) is 0 Å². The molecule has 0 fully saturated rings. The number of benzene rings is 3. The van der Waals surface area contributed by atoms with Crippen molar-refractivity contribution in [2.45, 2.75) is 6.92 Å². The normalized spacial score (nSPS) is 10.4. The first-order chi connectivity index (χ1) is 13.3. The first-order valence-corrected chi connectivity index (χ1v) is 9.41. The van der Waals surface area contributed by atoms with Gasteiger partial charge in [0, 0.05) is 27.0 Å². The number of rotatable bonds is 4. The quantitative estimate of drug-likeness (QED) is 0.496. The number of nitrogens with one attached hydrogen (secondary N) is 2. The average Bonchev–Trinajstić information content (AvgIpc) is 2.64. The number of amides is 2. The van der Waals surface area contributed by atoms with Gasteiger partial charge >= 0.3 is 0 Å². The molecule has 0 aliphatic rings. The maximum absolute atomic E-state index is 12.4. The second-order valence-corrected chi connectivity index (χ2v) is 7.33. The van der Waals surface area contributed by atoms with Crippen LogP contribution < -0.4 is 10.6 Å². The summed E-state index contributed by atoms with van der Waals surface area (Å²) in [7, 11) is 0. The zero-order valence-corrected chi connectivity index (χ0v) is 17.0. The van der Waals surface area contributed by atoms with Crippen LogP contribution in [0.1, 0.15) is 26.3 Å². The molecule has 2 N–H and O–H groups in total. The Labute approximate surface area is 177 Å². The van der Waals surface area contributed by atoms with Gasteiger partial charge in [-0.15, -0.1) is 0 Å². The molecule has 0 heterocycles. The van der Waals surface area contributed by atoms with Crippen molar-refractivity contribution in [3.63, 3.8) is 0 Å². The van der Waals surface area contributed by atoms with Gasteiger partial charge in [-0.2, -0.15) is 0 Å². The van der Waals surface area contributed by atoms with Crippen LogP contribution in [-0.4, -0.2) is 11.8 Å². The van der Waals surface area contributed by atoms with Gasteiger partial charge in [-0.1, -0.05) is 46.9 Å². The van der Waals surface area contributed by atoms with E-state index in [-0.39, 0.29) is 16.8 Å². The molecule has 0 aromatic heterocycles. The Morgan fingerprint density at radius 1 is 0.750 bits per heavy atom. The summed E-state index contributed by atoms with van der Waals surface area (Å²) in [5, 5.41) is 6.76. The fraction of sp³-hybridized carbons (Fsp3) is 0.0476. The van der Waals surface area contributed by atoms with Crippen molar-refractivity contribution < 1.29 is 9.59 Å². The van der Waals surface area contributed by atoms with Crippen LogP contribution in [0.5, 0.6) is 0 Å². The number of anilines is 2. The molecule has 2 amide bonds. The molecule has 7 heteroatoms. The van der Waals surface area contributed by atoms with Crippen molar-refractivity contribution in [3.8, 4) is 0 Å². The third-order valence-electron chi connectivity index (χ3n) is 3.99. The van der Waals surface area contributed by atoms with E-state index in [4.69, 9.17) is 34.8 Å². The number of halogens is 3. The molecule has 0 aliphatic carbocycles. The SMILES string of the molecule is Cc1ccc(C(=O)Nc2cccc(NC(=O)c3ccc(Cl)cc3Cl)c2)cc1Cl. The van der Waals surface area contributed by atoms with E-state index in [1.165, 1.54) is 6.07 Å². The third-order valence-corrected chi connectivity index (χ3v) is 4.94. The minimum Gasteiger partial charge on any atom is -0.322 e. The van der Waals surface area contributed by atoms with Crippen molar-refractivity contribution in [3.05, 3.63) is 92.4 Å². The van der Waals surface area contributed by atoms with Crippen molar-refractivity contribution >= 4 is 58.0 Å². The average molecular weight is 434 g/mol. The highest BCUT2D eigenvalue weighted by atomic mass is 35.5. The van der Waals surface area contributed by atoms with Crippen LogP contribution in [0.3, 0.4) is 0 Å². The molecule has 0 atom stereocenters. The standard InChI is InChI=1S/C21H15Cl3N2O2/c1-12-5-6-13(9-18(12)23)20(27)25-15-3-2-4-16(11-15)26-21(28)17-8-7-14(22)10-19(17)24/h2-11H,1H3,(H,25,27)(H,26,28). The van der Waals surface area contributed by atoms with E-state index in [0.717, 1.165) is 5.56 Å². The molecule has 28 heavy (non-hydrogen) atoms. The maximum atomic E-state index is 12.4. The lowest BCUT2D eigenvalue weighted by atomic mass is 10.1.